The number of fused-ring (bicyclic) bond motifs is 5. The molecule has 192 valence electrons. The Morgan fingerprint density at radius 2 is 1.58 bits per heavy atom. The third kappa shape index (κ3) is 3.03. The van der Waals surface area contributed by atoms with Gasteiger partial charge >= 0.3 is 0 Å². The monoisotopic (exact) mass is 513 g/mol. The van der Waals surface area contributed by atoms with Crippen LogP contribution in [0.3, 0.4) is 0 Å². The zero-order valence-electron chi connectivity index (χ0n) is 20.9. The highest BCUT2D eigenvalue weighted by atomic mass is 19.1. The Hall–Kier alpha value is -3.69. The highest BCUT2D eigenvalue weighted by Gasteiger charge is 2.65. The molecule has 3 aromatic heterocycles. The number of halogens is 2. The summed E-state index contributed by atoms with van der Waals surface area (Å²) in [6.45, 7) is 4.83. The van der Waals surface area contributed by atoms with Crippen molar-refractivity contribution in [1.82, 2.24) is 25.4 Å². The van der Waals surface area contributed by atoms with Crippen LogP contribution in [0.4, 0.5) is 8.78 Å². The van der Waals surface area contributed by atoms with Crippen LogP contribution in [0.15, 0.2) is 54.6 Å². The lowest BCUT2D eigenvalue weighted by Crippen LogP contribution is -2.47. The molecule has 0 amide bonds. The van der Waals surface area contributed by atoms with E-state index in [4.69, 9.17) is 9.72 Å². The lowest BCUT2D eigenvalue weighted by molar-refractivity contribution is -0.187. The smallest absolute Gasteiger partial charge is 0.155 e. The number of ether oxygens (including phenoxy) is 1. The molecule has 0 unspecified atom stereocenters. The Balaban J connectivity index is 1.31. The molecular weight excluding hydrogens is 488 g/mol. The summed E-state index contributed by atoms with van der Waals surface area (Å²) < 4.78 is 34.2. The number of hydrogen-bond acceptors (Lipinski definition) is 7. The van der Waals surface area contributed by atoms with E-state index in [1.807, 2.05) is 24.3 Å². The summed E-state index contributed by atoms with van der Waals surface area (Å²) >= 11 is 0. The van der Waals surface area contributed by atoms with Gasteiger partial charge in [0.25, 0.3) is 0 Å². The predicted molar refractivity (Wildman–Crippen MR) is 134 cm³/mol. The van der Waals surface area contributed by atoms with Gasteiger partial charge in [0, 0.05) is 0 Å². The van der Waals surface area contributed by atoms with E-state index in [-0.39, 0.29) is 35.8 Å². The molecule has 2 bridgehead atoms. The average Bonchev–Trinajstić information content (AvgIpc) is 3.28. The van der Waals surface area contributed by atoms with E-state index in [2.05, 4.69) is 34.2 Å². The van der Waals surface area contributed by atoms with E-state index < -0.39 is 22.7 Å². The SMILES string of the molecule is CC1(C)[C@H]2CC[C@]1(c1cccc(-c3ccc(C4(O)COC4)nn3)n1)c1nnc(-c3c(F)cccc3F)cc12. The Kier molecular flexibility index (Phi) is 4.88. The normalized spacial score (nSPS) is 24.2. The first-order chi connectivity index (χ1) is 18.2. The van der Waals surface area contributed by atoms with Gasteiger partial charge in [0.05, 0.1) is 52.7 Å². The summed E-state index contributed by atoms with van der Waals surface area (Å²) in [4.78, 5) is 5.05. The number of hydrogen-bond donors (Lipinski definition) is 1. The van der Waals surface area contributed by atoms with Crippen LogP contribution in [0.5, 0.6) is 0 Å². The van der Waals surface area contributed by atoms with Gasteiger partial charge in [0.1, 0.15) is 17.3 Å². The Morgan fingerprint density at radius 3 is 2.26 bits per heavy atom. The molecule has 4 heterocycles. The number of pyridine rings is 1. The van der Waals surface area contributed by atoms with Gasteiger partial charge in [-0.2, -0.15) is 10.2 Å². The van der Waals surface area contributed by atoms with Gasteiger partial charge in [-0.3, -0.25) is 4.98 Å². The highest BCUT2D eigenvalue weighted by molar-refractivity contribution is 5.64. The van der Waals surface area contributed by atoms with Crippen LogP contribution in [0.1, 0.15) is 55.3 Å². The second kappa shape index (κ2) is 7.91. The Morgan fingerprint density at radius 1 is 0.842 bits per heavy atom. The number of benzene rings is 1. The van der Waals surface area contributed by atoms with E-state index >= 15 is 0 Å². The van der Waals surface area contributed by atoms with Crippen molar-refractivity contribution in [3.63, 3.8) is 0 Å². The molecule has 2 atom stereocenters. The summed E-state index contributed by atoms with van der Waals surface area (Å²) in [5.74, 6) is -1.17. The molecular formula is C29H25F2N5O2. The first-order valence-electron chi connectivity index (χ1n) is 12.7. The fourth-order valence-corrected chi connectivity index (χ4v) is 6.73. The molecule has 1 saturated heterocycles. The molecule has 9 heteroatoms. The number of aromatic nitrogens is 5. The molecule has 0 radical (unpaired) electrons. The summed E-state index contributed by atoms with van der Waals surface area (Å²) in [7, 11) is 0. The van der Waals surface area contributed by atoms with E-state index in [1.165, 1.54) is 18.2 Å². The van der Waals surface area contributed by atoms with Crippen LogP contribution in [-0.2, 0) is 15.8 Å². The van der Waals surface area contributed by atoms with Crippen molar-refractivity contribution in [2.24, 2.45) is 5.41 Å². The van der Waals surface area contributed by atoms with E-state index in [9.17, 15) is 13.9 Å². The number of aliphatic hydroxyl groups is 1. The first-order valence-corrected chi connectivity index (χ1v) is 12.7. The maximum Gasteiger partial charge on any atom is 0.155 e. The van der Waals surface area contributed by atoms with Crippen LogP contribution >= 0.6 is 0 Å². The molecule has 1 N–H and O–H groups in total. The van der Waals surface area contributed by atoms with Gasteiger partial charge in [-0.25, -0.2) is 8.78 Å². The first kappa shape index (κ1) is 23.4. The fraction of sp³-hybridized carbons (Fsp3) is 0.345. The fourth-order valence-electron chi connectivity index (χ4n) is 6.73. The quantitative estimate of drug-likeness (QED) is 0.423. The summed E-state index contributed by atoms with van der Waals surface area (Å²) in [6.07, 6.45) is 1.75. The second-order valence-corrected chi connectivity index (χ2v) is 11.1. The van der Waals surface area contributed by atoms with Crippen molar-refractivity contribution in [1.29, 1.82) is 0 Å². The minimum Gasteiger partial charge on any atom is -0.379 e. The summed E-state index contributed by atoms with van der Waals surface area (Å²) in [5, 5.41) is 28.0. The molecule has 7 nitrogen and oxygen atoms in total. The molecule has 38 heavy (non-hydrogen) atoms. The minimum atomic E-state index is -1.08. The zero-order valence-corrected chi connectivity index (χ0v) is 20.9. The zero-order chi connectivity index (χ0) is 26.3. The highest BCUT2D eigenvalue weighted by Crippen LogP contribution is 2.69. The van der Waals surface area contributed by atoms with Crippen molar-refractivity contribution in [3.05, 3.63) is 88.9 Å². The third-order valence-corrected chi connectivity index (χ3v) is 8.87. The maximum absolute atomic E-state index is 14.5. The lowest BCUT2D eigenvalue weighted by atomic mass is 9.66. The molecule has 4 aromatic rings. The second-order valence-electron chi connectivity index (χ2n) is 11.1. The van der Waals surface area contributed by atoms with Crippen LogP contribution in [-0.4, -0.2) is 43.7 Å². The summed E-state index contributed by atoms with van der Waals surface area (Å²) in [5.41, 5.74) is 2.60. The van der Waals surface area contributed by atoms with Gasteiger partial charge in [0.2, 0.25) is 0 Å². The van der Waals surface area contributed by atoms with Crippen molar-refractivity contribution >= 4 is 0 Å². The average molecular weight is 514 g/mol. The molecule has 7 rings (SSSR count). The van der Waals surface area contributed by atoms with Gasteiger partial charge in [0.15, 0.2) is 5.60 Å². The number of rotatable bonds is 4. The molecule has 2 fully saturated rings. The van der Waals surface area contributed by atoms with Crippen LogP contribution in [0.2, 0.25) is 0 Å². The standard InChI is InChI=1S/C29H25F2N5O2/c1-27(2)17-11-12-29(27,26-16(17)13-22(34-36-26)25-18(30)5-3-6-19(25)31)24-8-4-7-20(32-24)21-9-10-23(35-33-21)28(37)14-38-15-28/h3-10,13,17,37H,11-12,14-15H2,1-2H3/t17-,29-/m0/s1. The molecule has 1 saturated carbocycles. The molecule has 0 spiro atoms. The van der Waals surface area contributed by atoms with Gasteiger partial charge in [-0.15, -0.1) is 10.2 Å². The lowest BCUT2D eigenvalue weighted by Gasteiger charge is -2.37. The predicted octanol–water partition coefficient (Wildman–Crippen LogP) is 4.69. The van der Waals surface area contributed by atoms with E-state index in [0.717, 1.165) is 29.8 Å². The third-order valence-electron chi connectivity index (χ3n) is 8.87. The minimum absolute atomic E-state index is 0.150. The maximum atomic E-state index is 14.5. The Bertz CT molecular complexity index is 1570. The van der Waals surface area contributed by atoms with E-state index in [1.54, 1.807) is 12.1 Å². The topological polar surface area (TPSA) is 93.9 Å². The molecule has 2 aliphatic carbocycles. The van der Waals surface area contributed by atoms with Crippen LogP contribution < -0.4 is 0 Å². The van der Waals surface area contributed by atoms with Crippen molar-refractivity contribution in [2.75, 3.05) is 13.2 Å². The van der Waals surface area contributed by atoms with Gasteiger partial charge in [-0.1, -0.05) is 26.0 Å². The van der Waals surface area contributed by atoms with Crippen LogP contribution in [0, 0.1) is 17.0 Å². The van der Waals surface area contributed by atoms with Crippen molar-refractivity contribution in [3.8, 4) is 22.6 Å². The van der Waals surface area contributed by atoms with Crippen molar-refractivity contribution in [2.45, 2.75) is 43.6 Å². The Labute approximate surface area is 218 Å². The largest absolute Gasteiger partial charge is 0.379 e. The van der Waals surface area contributed by atoms with Crippen LogP contribution in [0.25, 0.3) is 22.6 Å². The number of nitrogens with zero attached hydrogens (tertiary/aromatic N) is 5. The van der Waals surface area contributed by atoms with Gasteiger partial charge in [-0.05, 0) is 72.2 Å². The van der Waals surface area contributed by atoms with Gasteiger partial charge < -0.3 is 9.84 Å². The molecule has 1 aliphatic heterocycles. The molecule has 3 aliphatic rings. The molecule has 1 aromatic carbocycles. The summed E-state index contributed by atoms with van der Waals surface area (Å²) in [6, 6.07) is 15.0. The van der Waals surface area contributed by atoms with Crippen molar-refractivity contribution < 1.29 is 18.6 Å². The van der Waals surface area contributed by atoms with E-state index in [0.29, 0.717) is 17.1 Å².